The van der Waals surface area contributed by atoms with E-state index < -0.39 is 12.1 Å². The molecule has 2 aromatic carbocycles. The monoisotopic (exact) mass is 294 g/mol. The van der Waals surface area contributed by atoms with Gasteiger partial charge in [-0.3, -0.25) is 0 Å². The van der Waals surface area contributed by atoms with Gasteiger partial charge < -0.3 is 9.84 Å². The molecule has 4 heteroatoms. The molecule has 1 unspecified atom stereocenters. The van der Waals surface area contributed by atoms with Crippen LogP contribution in [0.1, 0.15) is 6.92 Å². The van der Waals surface area contributed by atoms with E-state index in [1.807, 2.05) is 30.3 Å². The van der Waals surface area contributed by atoms with Crippen LogP contribution in [0.4, 0.5) is 0 Å². The lowest BCUT2D eigenvalue weighted by Gasteiger charge is -2.10. The Hall–Kier alpha value is -1.55. The highest BCUT2D eigenvalue weighted by Crippen LogP contribution is 2.24. The fraction of sp³-hybridized carbons (Fsp3) is 0.154. The smallest absolute Gasteiger partial charge is 0.344 e. The molecule has 0 aliphatic carbocycles. The van der Waals surface area contributed by atoms with Crippen molar-refractivity contribution in [3.8, 4) is 5.75 Å². The maximum atomic E-state index is 10.7. The number of rotatable bonds is 3. The predicted octanol–water partition coefficient (Wildman–Crippen LogP) is 3.45. The summed E-state index contributed by atoms with van der Waals surface area (Å²) < 4.78 is 6.31. The van der Waals surface area contributed by atoms with Gasteiger partial charge in [0.25, 0.3) is 0 Å². The molecular formula is C13H11BrO3. The summed E-state index contributed by atoms with van der Waals surface area (Å²) in [6.45, 7) is 1.51. The molecule has 0 aliphatic rings. The zero-order chi connectivity index (χ0) is 12.4. The van der Waals surface area contributed by atoms with Gasteiger partial charge in [0.2, 0.25) is 0 Å². The van der Waals surface area contributed by atoms with Crippen molar-refractivity contribution in [3.05, 3.63) is 40.9 Å². The van der Waals surface area contributed by atoms with Gasteiger partial charge in [0, 0.05) is 4.47 Å². The van der Waals surface area contributed by atoms with Crippen molar-refractivity contribution in [1.29, 1.82) is 0 Å². The van der Waals surface area contributed by atoms with Crippen LogP contribution < -0.4 is 4.74 Å². The molecule has 2 aromatic rings. The van der Waals surface area contributed by atoms with E-state index in [1.165, 1.54) is 6.92 Å². The lowest BCUT2D eigenvalue weighted by molar-refractivity contribution is -0.144. The van der Waals surface area contributed by atoms with Crippen LogP contribution >= 0.6 is 15.9 Å². The fourth-order valence-electron chi connectivity index (χ4n) is 1.52. The Labute approximate surface area is 107 Å². The number of halogens is 1. The van der Waals surface area contributed by atoms with Gasteiger partial charge in [0.15, 0.2) is 6.10 Å². The van der Waals surface area contributed by atoms with Crippen LogP contribution in [0, 0.1) is 0 Å². The second-order valence-corrected chi connectivity index (χ2v) is 4.67. The van der Waals surface area contributed by atoms with Crippen LogP contribution in [0.25, 0.3) is 10.8 Å². The largest absolute Gasteiger partial charge is 0.479 e. The average Bonchev–Trinajstić information content (AvgIpc) is 2.29. The third-order valence-corrected chi connectivity index (χ3v) is 2.93. The number of carboxylic acids is 1. The Morgan fingerprint density at radius 3 is 2.59 bits per heavy atom. The molecule has 88 valence electrons. The summed E-state index contributed by atoms with van der Waals surface area (Å²) in [4.78, 5) is 10.7. The molecule has 3 nitrogen and oxygen atoms in total. The first kappa shape index (κ1) is 11.9. The second-order valence-electron chi connectivity index (χ2n) is 3.75. The minimum Gasteiger partial charge on any atom is -0.479 e. The maximum Gasteiger partial charge on any atom is 0.344 e. The van der Waals surface area contributed by atoms with E-state index in [-0.39, 0.29) is 0 Å². The van der Waals surface area contributed by atoms with Crippen molar-refractivity contribution < 1.29 is 14.6 Å². The van der Waals surface area contributed by atoms with Gasteiger partial charge in [-0.1, -0.05) is 28.1 Å². The van der Waals surface area contributed by atoms with Crippen molar-refractivity contribution in [2.24, 2.45) is 0 Å². The standard InChI is InChI=1S/C13H11BrO3/c1-8(13(15)16)17-12-5-3-9-6-11(14)4-2-10(9)7-12/h2-8H,1H3,(H,15,16). The molecule has 17 heavy (non-hydrogen) atoms. The van der Waals surface area contributed by atoms with Gasteiger partial charge in [-0.25, -0.2) is 4.79 Å². The number of hydrogen-bond acceptors (Lipinski definition) is 2. The quantitative estimate of drug-likeness (QED) is 0.943. The summed E-state index contributed by atoms with van der Waals surface area (Å²) in [5.41, 5.74) is 0. The highest BCUT2D eigenvalue weighted by atomic mass is 79.9. The van der Waals surface area contributed by atoms with E-state index in [9.17, 15) is 4.79 Å². The van der Waals surface area contributed by atoms with Crippen LogP contribution in [0.15, 0.2) is 40.9 Å². The number of hydrogen-bond donors (Lipinski definition) is 1. The Morgan fingerprint density at radius 2 is 1.88 bits per heavy atom. The first-order valence-corrected chi connectivity index (χ1v) is 5.94. The first-order valence-electron chi connectivity index (χ1n) is 5.15. The Morgan fingerprint density at radius 1 is 1.24 bits per heavy atom. The van der Waals surface area contributed by atoms with Crippen molar-refractivity contribution in [2.45, 2.75) is 13.0 Å². The van der Waals surface area contributed by atoms with Crippen molar-refractivity contribution >= 4 is 32.7 Å². The van der Waals surface area contributed by atoms with E-state index in [1.54, 1.807) is 6.07 Å². The lowest BCUT2D eigenvalue weighted by Crippen LogP contribution is -2.22. The van der Waals surface area contributed by atoms with Gasteiger partial charge in [-0.2, -0.15) is 0 Å². The first-order chi connectivity index (χ1) is 8.06. The minimum atomic E-state index is -0.971. The van der Waals surface area contributed by atoms with Gasteiger partial charge in [0.1, 0.15) is 5.75 Å². The molecule has 1 atom stereocenters. The Kier molecular flexibility index (Phi) is 3.33. The summed E-state index contributed by atoms with van der Waals surface area (Å²) >= 11 is 3.40. The number of carboxylic acid groups (broad SMARTS) is 1. The van der Waals surface area contributed by atoms with Gasteiger partial charge in [-0.05, 0) is 42.0 Å². The lowest BCUT2D eigenvalue weighted by atomic mass is 10.1. The molecule has 0 heterocycles. The molecule has 0 aromatic heterocycles. The van der Waals surface area contributed by atoms with Crippen LogP contribution in [0.2, 0.25) is 0 Å². The summed E-state index contributed by atoms with van der Waals surface area (Å²) in [5.74, 6) is -0.407. The topological polar surface area (TPSA) is 46.5 Å². The van der Waals surface area contributed by atoms with E-state index >= 15 is 0 Å². The zero-order valence-electron chi connectivity index (χ0n) is 9.18. The third kappa shape index (κ3) is 2.77. The zero-order valence-corrected chi connectivity index (χ0v) is 10.8. The molecule has 0 fully saturated rings. The van der Waals surface area contributed by atoms with E-state index in [0.717, 1.165) is 15.2 Å². The molecule has 0 saturated carbocycles. The SMILES string of the molecule is CC(Oc1ccc2cc(Br)ccc2c1)C(=O)O. The Bertz CT molecular complexity index is 566. The highest BCUT2D eigenvalue weighted by Gasteiger charge is 2.12. The van der Waals surface area contributed by atoms with Gasteiger partial charge in [0.05, 0.1) is 0 Å². The molecular weight excluding hydrogens is 284 g/mol. The van der Waals surface area contributed by atoms with Crippen molar-refractivity contribution in [1.82, 2.24) is 0 Å². The summed E-state index contributed by atoms with van der Waals surface area (Å²) in [6, 6.07) is 11.4. The number of aliphatic carboxylic acids is 1. The highest BCUT2D eigenvalue weighted by molar-refractivity contribution is 9.10. The average molecular weight is 295 g/mol. The van der Waals surface area contributed by atoms with Crippen LogP contribution in [0.3, 0.4) is 0 Å². The maximum absolute atomic E-state index is 10.7. The molecule has 0 radical (unpaired) electrons. The van der Waals surface area contributed by atoms with E-state index in [2.05, 4.69) is 15.9 Å². The van der Waals surface area contributed by atoms with Gasteiger partial charge in [-0.15, -0.1) is 0 Å². The number of benzene rings is 2. The van der Waals surface area contributed by atoms with Crippen LogP contribution in [0.5, 0.6) is 5.75 Å². The molecule has 1 N–H and O–H groups in total. The van der Waals surface area contributed by atoms with Crippen molar-refractivity contribution in [3.63, 3.8) is 0 Å². The molecule has 0 saturated heterocycles. The Balaban J connectivity index is 2.32. The second kappa shape index (κ2) is 4.75. The molecule has 0 aliphatic heterocycles. The summed E-state index contributed by atoms with van der Waals surface area (Å²) in [6.07, 6.45) is -0.845. The van der Waals surface area contributed by atoms with E-state index in [0.29, 0.717) is 5.75 Å². The molecule has 0 spiro atoms. The van der Waals surface area contributed by atoms with Gasteiger partial charge >= 0.3 is 5.97 Å². The van der Waals surface area contributed by atoms with E-state index in [4.69, 9.17) is 9.84 Å². The van der Waals surface area contributed by atoms with Crippen LogP contribution in [-0.4, -0.2) is 17.2 Å². The normalized spacial score (nSPS) is 12.4. The third-order valence-electron chi connectivity index (χ3n) is 2.43. The summed E-state index contributed by atoms with van der Waals surface area (Å²) in [7, 11) is 0. The minimum absolute atomic E-state index is 0.565. The fourth-order valence-corrected chi connectivity index (χ4v) is 1.90. The molecule has 0 amide bonds. The predicted molar refractivity (Wildman–Crippen MR) is 69.4 cm³/mol. The number of ether oxygens (including phenoxy) is 1. The number of fused-ring (bicyclic) bond motifs is 1. The number of carbonyl (C=O) groups is 1. The van der Waals surface area contributed by atoms with Crippen LogP contribution in [-0.2, 0) is 4.79 Å². The molecule has 2 rings (SSSR count). The summed E-state index contributed by atoms with van der Waals surface area (Å²) in [5, 5.41) is 10.9. The van der Waals surface area contributed by atoms with Crippen molar-refractivity contribution in [2.75, 3.05) is 0 Å². The molecule has 0 bridgehead atoms.